The largest absolute Gasteiger partial charge is 0.334 e. The summed E-state index contributed by atoms with van der Waals surface area (Å²) in [5.74, 6) is 0.922. The van der Waals surface area contributed by atoms with Gasteiger partial charge in [0, 0.05) is 35.5 Å². The maximum atomic E-state index is 13.2. The van der Waals surface area contributed by atoms with Crippen LogP contribution in [-0.4, -0.2) is 40.3 Å². The van der Waals surface area contributed by atoms with Crippen LogP contribution in [0.25, 0.3) is 5.57 Å². The molecule has 4 rings (SSSR count). The van der Waals surface area contributed by atoms with Gasteiger partial charge in [0.2, 0.25) is 0 Å². The third kappa shape index (κ3) is 3.12. The lowest BCUT2D eigenvalue weighted by atomic mass is 9.81. The van der Waals surface area contributed by atoms with Crippen molar-refractivity contribution in [1.29, 1.82) is 0 Å². The summed E-state index contributed by atoms with van der Waals surface area (Å²) in [7, 11) is 0. The Balaban J connectivity index is 1.82. The SMILES string of the molecule is Cc1ccc(C(=O)N2C=C(c3nc(C)no3)C3=C(CN=C3)C(C)(C)C2)cc1. The maximum absolute atomic E-state index is 13.2. The van der Waals surface area contributed by atoms with Crippen LogP contribution >= 0.6 is 0 Å². The van der Waals surface area contributed by atoms with Crippen molar-refractivity contribution in [3.8, 4) is 0 Å². The van der Waals surface area contributed by atoms with Gasteiger partial charge in [0.15, 0.2) is 5.82 Å². The van der Waals surface area contributed by atoms with Gasteiger partial charge in [-0.05, 0) is 31.6 Å². The molecular formula is C21H22N4O2. The Labute approximate surface area is 158 Å². The fraction of sp³-hybridized carbons (Fsp3) is 0.333. The van der Waals surface area contributed by atoms with E-state index >= 15 is 0 Å². The van der Waals surface area contributed by atoms with Crippen LogP contribution in [0, 0.1) is 19.3 Å². The lowest BCUT2D eigenvalue weighted by molar-refractivity contribution is 0.0788. The number of amides is 1. The van der Waals surface area contributed by atoms with Crippen molar-refractivity contribution in [2.45, 2.75) is 27.7 Å². The Morgan fingerprint density at radius 1 is 1.19 bits per heavy atom. The Hall–Kier alpha value is -3.02. The molecule has 138 valence electrons. The first kappa shape index (κ1) is 17.4. The molecule has 27 heavy (non-hydrogen) atoms. The van der Waals surface area contributed by atoms with Gasteiger partial charge in [-0.1, -0.05) is 36.7 Å². The van der Waals surface area contributed by atoms with Gasteiger partial charge in [-0.25, -0.2) is 0 Å². The van der Waals surface area contributed by atoms with Gasteiger partial charge >= 0.3 is 0 Å². The Kier molecular flexibility index (Phi) is 4.06. The molecule has 0 radical (unpaired) electrons. The number of allylic oxidation sites excluding steroid dienone is 2. The molecule has 0 N–H and O–H groups in total. The van der Waals surface area contributed by atoms with Crippen molar-refractivity contribution >= 4 is 17.7 Å². The number of hydrogen-bond acceptors (Lipinski definition) is 5. The van der Waals surface area contributed by atoms with E-state index in [4.69, 9.17) is 4.52 Å². The molecule has 1 amide bonds. The average Bonchev–Trinajstić information content (AvgIpc) is 3.26. The standard InChI is InChI=1S/C21H22N4O2/c1-13-5-7-15(8-6-13)20(26)25-11-17(19-23-14(2)24-27-19)16-9-22-10-18(16)21(3,4)12-25/h5-9,11H,10,12H2,1-4H3. The van der Waals surface area contributed by atoms with Crippen molar-refractivity contribution in [2.24, 2.45) is 10.4 Å². The molecule has 0 atom stereocenters. The molecule has 2 aliphatic rings. The Bertz CT molecular complexity index is 993. The van der Waals surface area contributed by atoms with E-state index in [0.717, 1.165) is 16.7 Å². The number of carbonyl (C=O) groups is 1. The van der Waals surface area contributed by atoms with E-state index in [2.05, 4.69) is 29.0 Å². The summed E-state index contributed by atoms with van der Waals surface area (Å²) in [6, 6.07) is 7.63. The molecule has 0 unspecified atom stereocenters. The monoisotopic (exact) mass is 362 g/mol. The normalized spacial score (nSPS) is 18.4. The second-order valence-corrected chi connectivity index (χ2v) is 7.73. The molecule has 6 nitrogen and oxygen atoms in total. The first-order valence-electron chi connectivity index (χ1n) is 8.99. The van der Waals surface area contributed by atoms with Crippen molar-refractivity contribution in [3.63, 3.8) is 0 Å². The van der Waals surface area contributed by atoms with Crippen LogP contribution in [0.4, 0.5) is 0 Å². The highest BCUT2D eigenvalue weighted by molar-refractivity contribution is 6.04. The molecule has 0 fully saturated rings. The van der Waals surface area contributed by atoms with E-state index in [1.165, 1.54) is 5.57 Å². The molecule has 0 aliphatic carbocycles. The van der Waals surface area contributed by atoms with Crippen LogP contribution in [0.5, 0.6) is 0 Å². The zero-order valence-corrected chi connectivity index (χ0v) is 16.0. The summed E-state index contributed by atoms with van der Waals surface area (Å²) in [4.78, 5) is 23.8. The highest BCUT2D eigenvalue weighted by Crippen LogP contribution is 2.40. The zero-order valence-electron chi connectivity index (χ0n) is 16.0. The number of aromatic nitrogens is 2. The van der Waals surface area contributed by atoms with Crippen LogP contribution < -0.4 is 0 Å². The smallest absolute Gasteiger partial charge is 0.260 e. The molecule has 0 bridgehead atoms. The number of aliphatic imine (C=N–C) groups is 1. The Morgan fingerprint density at radius 3 is 2.59 bits per heavy atom. The molecule has 1 aromatic heterocycles. The molecule has 1 aromatic carbocycles. The fourth-order valence-corrected chi connectivity index (χ4v) is 3.56. The van der Waals surface area contributed by atoms with E-state index in [1.54, 1.807) is 11.8 Å². The third-order valence-corrected chi connectivity index (χ3v) is 5.07. The van der Waals surface area contributed by atoms with Crippen LogP contribution in [-0.2, 0) is 0 Å². The predicted octanol–water partition coefficient (Wildman–Crippen LogP) is 3.59. The fourth-order valence-electron chi connectivity index (χ4n) is 3.56. The molecule has 6 heteroatoms. The highest BCUT2D eigenvalue weighted by atomic mass is 16.5. The van der Waals surface area contributed by atoms with Crippen molar-refractivity contribution < 1.29 is 9.32 Å². The molecule has 0 saturated heterocycles. The second kappa shape index (κ2) is 6.30. The van der Waals surface area contributed by atoms with Gasteiger partial charge in [-0.15, -0.1) is 0 Å². The lowest BCUT2D eigenvalue weighted by Gasteiger charge is -2.30. The van der Waals surface area contributed by atoms with Crippen LogP contribution in [0.2, 0.25) is 0 Å². The number of carbonyl (C=O) groups excluding carboxylic acids is 1. The van der Waals surface area contributed by atoms with E-state index in [1.807, 2.05) is 43.6 Å². The van der Waals surface area contributed by atoms with Crippen LogP contribution in [0.1, 0.15) is 41.5 Å². The van der Waals surface area contributed by atoms with E-state index < -0.39 is 0 Å². The third-order valence-electron chi connectivity index (χ3n) is 5.07. The minimum Gasteiger partial charge on any atom is -0.334 e. The first-order valence-corrected chi connectivity index (χ1v) is 8.99. The summed E-state index contributed by atoms with van der Waals surface area (Å²) >= 11 is 0. The van der Waals surface area contributed by atoms with Gasteiger partial charge < -0.3 is 9.42 Å². The number of aryl methyl sites for hydroxylation is 2. The molecule has 2 aromatic rings. The van der Waals surface area contributed by atoms with E-state index in [-0.39, 0.29) is 11.3 Å². The summed E-state index contributed by atoms with van der Waals surface area (Å²) in [5, 5.41) is 3.91. The minimum atomic E-state index is -0.223. The van der Waals surface area contributed by atoms with Gasteiger partial charge in [-0.3, -0.25) is 9.79 Å². The number of nitrogens with zero attached hydrogens (tertiary/aromatic N) is 4. The van der Waals surface area contributed by atoms with Crippen LogP contribution in [0.15, 0.2) is 51.1 Å². The number of rotatable bonds is 2. The minimum absolute atomic E-state index is 0.0464. The molecule has 0 saturated carbocycles. The van der Waals surface area contributed by atoms with Crippen molar-refractivity contribution in [3.05, 3.63) is 64.5 Å². The quantitative estimate of drug-likeness (QED) is 0.818. The summed E-state index contributed by atoms with van der Waals surface area (Å²) in [6.07, 6.45) is 3.68. The van der Waals surface area contributed by atoms with E-state index in [9.17, 15) is 4.79 Å². The average molecular weight is 362 g/mol. The second-order valence-electron chi connectivity index (χ2n) is 7.73. The topological polar surface area (TPSA) is 71.6 Å². The van der Waals surface area contributed by atoms with Gasteiger partial charge in [0.1, 0.15) is 0 Å². The van der Waals surface area contributed by atoms with Crippen LogP contribution in [0.3, 0.4) is 0 Å². The highest BCUT2D eigenvalue weighted by Gasteiger charge is 2.36. The molecule has 3 heterocycles. The van der Waals surface area contributed by atoms with E-state index in [0.29, 0.717) is 30.4 Å². The molecule has 0 spiro atoms. The molecular weight excluding hydrogens is 340 g/mol. The first-order chi connectivity index (χ1) is 12.8. The number of hydrogen-bond donors (Lipinski definition) is 0. The zero-order chi connectivity index (χ0) is 19.2. The lowest BCUT2D eigenvalue weighted by Crippen LogP contribution is -2.35. The summed E-state index contributed by atoms with van der Waals surface area (Å²) < 4.78 is 5.42. The number of benzene rings is 1. The van der Waals surface area contributed by atoms with Gasteiger partial charge in [-0.2, -0.15) is 4.98 Å². The van der Waals surface area contributed by atoms with Gasteiger partial charge in [0.05, 0.1) is 12.1 Å². The van der Waals surface area contributed by atoms with Gasteiger partial charge in [0.25, 0.3) is 11.8 Å². The van der Waals surface area contributed by atoms with Crippen molar-refractivity contribution in [1.82, 2.24) is 15.0 Å². The molecule has 2 aliphatic heterocycles. The Morgan fingerprint density at radius 2 is 1.93 bits per heavy atom. The maximum Gasteiger partial charge on any atom is 0.260 e. The predicted molar refractivity (Wildman–Crippen MR) is 103 cm³/mol. The summed E-state index contributed by atoms with van der Waals surface area (Å²) in [6.45, 7) is 9.25. The van der Waals surface area contributed by atoms with Crippen molar-refractivity contribution in [2.75, 3.05) is 13.1 Å². The summed E-state index contributed by atoms with van der Waals surface area (Å²) in [5.41, 5.74) is 4.46.